The van der Waals surface area contributed by atoms with Crippen molar-refractivity contribution in [2.24, 2.45) is 11.7 Å². The Kier molecular flexibility index (Phi) is 4.43. The molecule has 0 aliphatic heterocycles. The van der Waals surface area contributed by atoms with E-state index < -0.39 is 0 Å². The molecule has 5 nitrogen and oxygen atoms in total. The summed E-state index contributed by atoms with van der Waals surface area (Å²) in [6.45, 7) is 2.74. The van der Waals surface area contributed by atoms with Crippen molar-refractivity contribution in [2.75, 3.05) is 6.54 Å². The molecule has 6 heteroatoms. The fourth-order valence-electron chi connectivity index (χ4n) is 1.63. The van der Waals surface area contributed by atoms with Gasteiger partial charge in [0.25, 0.3) is 0 Å². The van der Waals surface area contributed by atoms with Gasteiger partial charge in [-0.2, -0.15) is 4.98 Å². The minimum Gasteiger partial charge on any atom is -0.339 e. The minimum absolute atomic E-state index is 0.388. The molecule has 18 heavy (non-hydrogen) atoms. The van der Waals surface area contributed by atoms with Crippen LogP contribution in [0.5, 0.6) is 0 Å². The van der Waals surface area contributed by atoms with Gasteiger partial charge in [0.2, 0.25) is 11.7 Å². The summed E-state index contributed by atoms with van der Waals surface area (Å²) in [5.41, 5.74) is 6.50. The molecule has 0 radical (unpaired) electrons. The zero-order valence-electron chi connectivity index (χ0n) is 10.1. The van der Waals surface area contributed by atoms with Crippen molar-refractivity contribution < 1.29 is 4.52 Å². The van der Waals surface area contributed by atoms with Crippen LogP contribution >= 0.6 is 15.9 Å². The van der Waals surface area contributed by atoms with Gasteiger partial charge in [0.15, 0.2) is 0 Å². The Morgan fingerprint density at radius 2 is 2.28 bits per heavy atom. The molecule has 0 aliphatic rings. The van der Waals surface area contributed by atoms with Crippen molar-refractivity contribution >= 4 is 15.9 Å². The number of rotatable bonds is 5. The number of nitrogens with zero attached hydrogens (tertiary/aromatic N) is 3. The summed E-state index contributed by atoms with van der Waals surface area (Å²) < 4.78 is 6.12. The lowest BCUT2D eigenvalue weighted by atomic mass is 10.0. The molecule has 2 aromatic rings. The normalized spacial score (nSPS) is 12.6. The molecule has 2 aromatic heterocycles. The number of aromatic nitrogens is 3. The Hall–Kier alpha value is -1.27. The molecule has 0 fully saturated rings. The Morgan fingerprint density at radius 3 is 2.94 bits per heavy atom. The summed E-state index contributed by atoms with van der Waals surface area (Å²) in [5.74, 6) is 1.58. The summed E-state index contributed by atoms with van der Waals surface area (Å²) >= 11 is 3.36. The van der Waals surface area contributed by atoms with Gasteiger partial charge in [0, 0.05) is 28.9 Å². The highest BCUT2D eigenvalue weighted by Crippen LogP contribution is 2.20. The lowest BCUT2D eigenvalue weighted by Gasteiger charge is -2.07. The average molecular weight is 311 g/mol. The first-order valence-corrected chi connectivity index (χ1v) is 6.65. The van der Waals surface area contributed by atoms with Gasteiger partial charge in [-0.25, -0.2) is 0 Å². The number of hydrogen-bond acceptors (Lipinski definition) is 5. The standard InChI is InChI=1S/C12H15BrN4O/c1-2-8(5-14)3-11-16-12(17-18-11)9-4-10(13)7-15-6-9/h4,6-8H,2-3,5,14H2,1H3. The molecule has 0 aliphatic carbocycles. The predicted octanol–water partition coefficient (Wildman–Crippen LogP) is 2.42. The zero-order chi connectivity index (χ0) is 13.0. The van der Waals surface area contributed by atoms with E-state index in [-0.39, 0.29) is 0 Å². The van der Waals surface area contributed by atoms with Gasteiger partial charge in [-0.3, -0.25) is 4.98 Å². The molecule has 1 unspecified atom stereocenters. The number of halogens is 1. The summed E-state index contributed by atoms with van der Waals surface area (Å²) in [4.78, 5) is 8.44. The Labute approximate surface area is 114 Å². The third kappa shape index (κ3) is 3.14. The van der Waals surface area contributed by atoms with E-state index in [4.69, 9.17) is 10.3 Å². The molecule has 0 saturated carbocycles. The molecule has 2 heterocycles. The third-order valence-electron chi connectivity index (χ3n) is 2.81. The van der Waals surface area contributed by atoms with Crippen LogP contribution in [0, 0.1) is 5.92 Å². The van der Waals surface area contributed by atoms with Gasteiger partial charge in [0.1, 0.15) is 0 Å². The zero-order valence-corrected chi connectivity index (χ0v) is 11.7. The van der Waals surface area contributed by atoms with Gasteiger partial charge >= 0.3 is 0 Å². The highest BCUT2D eigenvalue weighted by Gasteiger charge is 2.13. The maximum absolute atomic E-state index is 5.66. The van der Waals surface area contributed by atoms with Crippen LogP contribution in [0.3, 0.4) is 0 Å². The van der Waals surface area contributed by atoms with Crippen molar-refractivity contribution in [1.29, 1.82) is 0 Å². The number of pyridine rings is 1. The van der Waals surface area contributed by atoms with Crippen LogP contribution in [0.25, 0.3) is 11.4 Å². The quantitative estimate of drug-likeness (QED) is 0.917. The van der Waals surface area contributed by atoms with Crippen LogP contribution in [0.2, 0.25) is 0 Å². The maximum Gasteiger partial charge on any atom is 0.227 e. The third-order valence-corrected chi connectivity index (χ3v) is 3.24. The van der Waals surface area contributed by atoms with Crippen LogP contribution in [-0.4, -0.2) is 21.7 Å². The van der Waals surface area contributed by atoms with Crippen LogP contribution in [0.4, 0.5) is 0 Å². The first-order valence-electron chi connectivity index (χ1n) is 5.86. The van der Waals surface area contributed by atoms with Crippen LogP contribution in [0.1, 0.15) is 19.2 Å². The van der Waals surface area contributed by atoms with E-state index in [0.29, 0.717) is 24.2 Å². The summed E-state index contributed by atoms with van der Waals surface area (Å²) in [7, 11) is 0. The molecule has 0 amide bonds. The van der Waals surface area contributed by atoms with Crippen molar-refractivity contribution in [3.63, 3.8) is 0 Å². The molecular weight excluding hydrogens is 296 g/mol. The van der Waals surface area contributed by atoms with Gasteiger partial charge in [-0.15, -0.1) is 0 Å². The summed E-state index contributed by atoms with van der Waals surface area (Å²) in [6, 6.07) is 1.90. The minimum atomic E-state index is 0.388. The molecule has 2 N–H and O–H groups in total. The second-order valence-electron chi connectivity index (χ2n) is 4.12. The Morgan fingerprint density at radius 1 is 1.44 bits per heavy atom. The first kappa shape index (κ1) is 13.2. The molecular formula is C12H15BrN4O. The highest BCUT2D eigenvalue weighted by molar-refractivity contribution is 9.10. The molecule has 96 valence electrons. The molecule has 0 saturated heterocycles. The van der Waals surface area contributed by atoms with Crippen LogP contribution in [-0.2, 0) is 6.42 Å². The molecule has 0 spiro atoms. The van der Waals surface area contributed by atoms with E-state index in [1.807, 2.05) is 6.07 Å². The van der Waals surface area contributed by atoms with Crippen LogP contribution < -0.4 is 5.73 Å². The van der Waals surface area contributed by atoms with E-state index in [0.717, 1.165) is 22.9 Å². The van der Waals surface area contributed by atoms with Crippen molar-refractivity contribution in [2.45, 2.75) is 19.8 Å². The molecule has 2 rings (SSSR count). The van der Waals surface area contributed by atoms with Crippen molar-refractivity contribution in [3.05, 3.63) is 28.8 Å². The fraction of sp³-hybridized carbons (Fsp3) is 0.417. The predicted molar refractivity (Wildman–Crippen MR) is 71.8 cm³/mol. The second-order valence-corrected chi connectivity index (χ2v) is 5.03. The van der Waals surface area contributed by atoms with E-state index in [1.54, 1.807) is 12.4 Å². The maximum atomic E-state index is 5.66. The monoisotopic (exact) mass is 310 g/mol. The molecule has 0 bridgehead atoms. The van der Waals surface area contributed by atoms with E-state index in [2.05, 4.69) is 38.0 Å². The number of hydrogen-bond donors (Lipinski definition) is 1. The van der Waals surface area contributed by atoms with Gasteiger partial charge in [-0.05, 0) is 34.5 Å². The summed E-state index contributed by atoms with van der Waals surface area (Å²) in [5, 5.41) is 3.96. The smallest absolute Gasteiger partial charge is 0.227 e. The Balaban J connectivity index is 2.15. The largest absolute Gasteiger partial charge is 0.339 e. The Bertz CT molecular complexity index is 510. The van der Waals surface area contributed by atoms with Crippen LogP contribution in [0.15, 0.2) is 27.5 Å². The summed E-state index contributed by atoms with van der Waals surface area (Å²) in [6.07, 6.45) is 5.15. The number of nitrogens with two attached hydrogens (primary N) is 1. The van der Waals surface area contributed by atoms with Crippen molar-refractivity contribution in [1.82, 2.24) is 15.1 Å². The van der Waals surface area contributed by atoms with E-state index in [9.17, 15) is 0 Å². The van der Waals surface area contributed by atoms with Gasteiger partial charge in [0.05, 0.1) is 0 Å². The van der Waals surface area contributed by atoms with Crippen molar-refractivity contribution in [3.8, 4) is 11.4 Å². The second kappa shape index (κ2) is 6.06. The van der Waals surface area contributed by atoms with E-state index >= 15 is 0 Å². The topological polar surface area (TPSA) is 77.8 Å². The molecule has 0 aromatic carbocycles. The lowest BCUT2D eigenvalue weighted by Crippen LogP contribution is -2.15. The first-order chi connectivity index (χ1) is 8.72. The lowest BCUT2D eigenvalue weighted by molar-refractivity contribution is 0.350. The average Bonchev–Trinajstić information content (AvgIpc) is 2.84. The van der Waals surface area contributed by atoms with E-state index in [1.165, 1.54) is 0 Å². The SMILES string of the molecule is CCC(CN)Cc1nc(-c2cncc(Br)c2)no1. The highest BCUT2D eigenvalue weighted by atomic mass is 79.9. The fourth-order valence-corrected chi connectivity index (χ4v) is 2.00. The molecule has 1 atom stereocenters. The van der Waals surface area contributed by atoms with Gasteiger partial charge in [-0.1, -0.05) is 18.5 Å². The van der Waals surface area contributed by atoms with Gasteiger partial charge < -0.3 is 10.3 Å².